The molecule has 0 N–H and O–H groups in total. The fourth-order valence-electron chi connectivity index (χ4n) is 0.714. The van der Waals surface area contributed by atoms with Crippen LogP contribution < -0.4 is 0 Å². The van der Waals surface area contributed by atoms with Gasteiger partial charge in [0.25, 0.3) is 0 Å². The molecule has 1 aromatic carbocycles. The van der Waals surface area contributed by atoms with Crippen molar-refractivity contribution in [2.45, 2.75) is 6.04 Å². The molecule has 8 heavy (non-hydrogen) atoms. The van der Waals surface area contributed by atoms with Gasteiger partial charge in [0.15, 0.2) is 0 Å². The number of benzene rings is 1. The Morgan fingerprint density at radius 3 is 2.25 bits per heavy atom. The van der Waals surface area contributed by atoms with E-state index in [1.807, 2.05) is 0 Å². The molecule has 0 aliphatic carbocycles. The minimum Gasteiger partial charge on any atom is -0.0622 e. The maximum absolute atomic E-state index is 2.17. The first kappa shape index (κ1) is 5.57. The lowest BCUT2D eigenvalue weighted by molar-refractivity contribution is 1.40. The summed E-state index contributed by atoms with van der Waals surface area (Å²) in [5.41, 5.74) is 1.47. The minimum absolute atomic E-state index is 0. The van der Waals surface area contributed by atoms with Crippen molar-refractivity contribution >= 4 is 10.2 Å². The smallest absolute Gasteiger partial charge is 0.0622 e. The largest absolute Gasteiger partial charge is 1.00 e. The molecule has 1 heteroatoms. The molecule has 0 bridgehead atoms. The lowest BCUT2D eigenvalue weighted by atomic mass is 10.2. The molecule has 0 radical (unpaired) electrons. The predicted molar refractivity (Wildman–Crippen MR) is 41.2 cm³/mol. The second-order valence-corrected chi connectivity index (χ2v) is 2.55. The van der Waals surface area contributed by atoms with Crippen molar-refractivity contribution in [1.29, 1.82) is 0 Å². The maximum atomic E-state index is 2.17. The molecular weight excluding hydrogens is 112 g/mol. The zero-order chi connectivity index (χ0) is 5.82. The molecule has 0 atom stereocenters. The van der Waals surface area contributed by atoms with Gasteiger partial charge in [-0.1, -0.05) is 35.9 Å². The van der Waals surface area contributed by atoms with Crippen molar-refractivity contribution in [3.63, 3.8) is 0 Å². The van der Waals surface area contributed by atoms with Gasteiger partial charge in [0.2, 0.25) is 0 Å². The van der Waals surface area contributed by atoms with E-state index in [-0.39, 0.29) is 1.43 Å². The van der Waals surface area contributed by atoms with E-state index in [4.69, 9.17) is 0 Å². The molecule has 0 heterocycles. The molecule has 42 valence electrons. The lowest BCUT2D eigenvalue weighted by Crippen LogP contribution is -1.78. The molecule has 0 unspecified atom stereocenters. The Hall–Kier alpha value is -0.563. The van der Waals surface area contributed by atoms with E-state index >= 15 is 0 Å². The van der Waals surface area contributed by atoms with Crippen molar-refractivity contribution < 1.29 is 1.43 Å². The van der Waals surface area contributed by atoms with Crippen LogP contribution in [0.25, 0.3) is 0 Å². The van der Waals surface area contributed by atoms with Crippen LogP contribution >= 0.6 is 0 Å². The van der Waals surface area contributed by atoms with Gasteiger partial charge in [-0.2, -0.15) is 0 Å². The van der Waals surface area contributed by atoms with Gasteiger partial charge in [-0.15, -0.1) is 0 Å². The van der Waals surface area contributed by atoms with Crippen LogP contribution in [0.5, 0.6) is 0 Å². The van der Waals surface area contributed by atoms with Gasteiger partial charge in [0.1, 0.15) is 0 Å². The van der Waals surface area contributed by atoms with Gasteiger partial charge in [-0.05, 0) is 6.04 Å². The SMILES string of the molecule is [H+].[SiH3]Cc1ccccc1. The number of hydrogen-bond acceptors (Lipinski definition) is 0. The number of hydrogen-bond donors (Lipinski definition) is 0. The zero-order valence-corrected chi connectivity index (χ0v) is 7.09. The summed E-state index contributed by atoms with van der Waals surface area (Å²) in [5, 5.41) is 0. The Morgan fingerprint density at radius 1 is 1.25 bits per heavy atom. The Labute approximate surface area is 54.5 Å². The highest BCUT2D eigenvalue weighted by molar-refractivity contribution is 6.08. The molecule has 0 amide bonds. The molecule has 1 aromatic rings. The monoisotopic (exact) mass is 123 g/mol. The van der Waals surface area contributed by atoms with Crippen LogP contribution in [0.2, 0.25) is 0 Å². The van der Waals surface area contributed by atoms with Gasteiger partial charge in [0.05, 0.1) is 0 Å². The fraction of sp³-hybridized carbons (Fsp3) is 0.143. The van der Waals surface area contributed by atoms with Crippen LogP contribution in [0.15, 0.2) is 30.3 Å². The lowest BCUT2D eigenvalue weighted by Gasteiger charge is -1.89. The quantitative estimate of drug-likeness (QED) is 0.481. The molecular formula is C7H11Si+. The molecule has 0 fully saturated rings. The Morgan fingerprint density at radius 2 is 1.88 bits per heavy atom. The summed E-state index contributed by atoms with van der Waals surface area (Å²) in [5.74, 6) is 0. The van der Waals surface area contributed by atoms with E-state index < -0.39 is 0 Å². The second kappa shape index (κ2) is 2.67. The van der Waals surface area contributed by atoms with Crippen LogP contribution in [0.3, 0.4) is 0 Å². The highest BCUT2D eigenvalue weighted by Gasteiger charge is 1.80. The summed E-state index contributed by atoms with van der Waals surface area (Å²) in [7, 11) is 1.28. The maximum Gasteiger partial charge on any atom is 1.00 e. The van der Waals surface area contributed by atoms with Crippen molar-refractivity contribution in [2.75, 3.05) is 0 Å². The molecule has 0 spiro atoms. The van der Waals surface area contributed by atoms with Crippen LogP contribution in [0, 0.1) is 0 Å². The molecule has 0 nitrogen and oxygen atoms in total. The fourth-order valence-corrected chi connectivity index (χ4v) is 1.19. The van der Waals surface area contributed by atoms with Crippen LogP contribution in [0.1, 0.15) is 6.99 Å². The first-order valence-corrected chi connectivity index (χ1v) is 4.39. The van der Waals surface area contributed by atoms with E-state index in [2.05, 4.69) is 30.3 Å². The molecule has 0 aromatic heterocycles. The van der Waals surface area contributed by atoms with E-state index in [1.165, 1.54) is 21.9 Å². The van der Waals surface area contributed by atoms with Gasteiger partial charge < -0.3 is 0 Å². The average molecular weight is 123 g/mol. The Bertz CT molecular complexity index is 150. The first-order valence-electron chi connectivity index (χ1n) is 2.97. The summed E-state index contributed by atoms with van der Waals surface area (Å²) in [6, 6.07) is 11.9. The standard InChI is InChI=1S/C7H10Si/c8-6-7-4-2-1-3-5-7/h1-5H,6H2,8H3/p+1. The van der Waals surface area contributed by atoms with Gasteiger partial charge in [-0.3, -0.25) is 0 Å². The summed E-state index contributed by atoms with van der Waals surface area (Å²) < 4.78 is 0. The van der Waals surface area contributed by atoms with E-state index in [1.54, 1.807) is 0 Å². The highest BCUT2D eigenvalue weighted by Crippen LogP contribution is 1.95. The summed E-state index contributed by atoms with van der Waals surface area (Å²) in [6.45, 7) is 0. The van der Waals surface area contributed by atoms with Crippen LogP contribution in [-0.2, 0) is 6.04 Å². The summed E-state index contributed by atoms with van der Waals surface area (Å²) in [6.07, 6.45) is 0. The summed E-state index contributed by atoms with van der Waals surface area (Å²) in [4.78, 5) is 0. The Balaban J connectivity index is 0.000000640. The van der Waals surface area contributed by atoms with Crippen LogP contribution in [-0.4, -0.2) is 10.2 Å². The third-order valence-corrected chi connectivity index (χ3v) is 2.07. The zero-order valence-electron chi connectivity index (χ0n) is 6.09. The molecule has 1 rings (SSSR count). The van der Waals surface area contributed by atoms with E-state index in [0.29, 0.717) is 0 Å². The van der Waals surface area contributed by atoms with Crippen molar-refractivity contribution in [2.24, 2.45) is 0 Å². The van der Waals surface area contributed by atoms with Gasteiger partial charge >= 0.3 is 1.43 Å². The predicted octanol–water partition coefficient (Wildman–Crippen LogP) is 0.665. The normalized spacial score (nSPS) is 9.50. The Kier molecular flexibility index (Phi) is 1.86. The third-order valence-electron chi connectivity index (χ3n) is 1.25. The first-order chi connectivity index (χ1) is 3.93. The third kappa shape index (κ3) is 1.20. The second-order valence-electron chi connectivity index (χ2n) is 1.84. The topological polar surface area (TPSA) is 0 Å². The average Bonchev–Trinajstić information content (AvgIpc) is 1.90. The highest BCUT2D eigenvalue weighted by atomic mass is 28.1. The van der Waals surface area contributed by atoms with E-state index in [9.17, 15) is 0 Å². The van der Waals surface area contributed by atoms with Crippen molar-refractivity contribution in [3.8, 4) is 0 Å². The minimum atomic E-state index is 0. The van der Waals surface area contributed by atoms with Crippen molar-refractivity contribution in [1.82, 2.24) is 0 Å². The van der Waals surface area contributed by atoms with Gasteiger partial charge in [-0.25, -0.2) is 0 Å². The molecule has 0 saturated carbocycles. The molecule has 0 aliphatic rings. The molecule has 0 aliphatic heterocycles. The number of rotatable bonds is 1. The van der Waals surface area contributed by atoms with Crippen LogP contribution in [0.4, 0.5) is 0 Å². The van der Waals surface area contributed by atoms with Crippen molar-refractivity contribution in [3.05, 3.63) is 35.9 Å². The molecule has 0 saturated heterocycles. The summed E-state index contributed by atoms with van der Waals surface area (Å²) >= 11 is 0. The van der Waals surface area contributed by atoms with E-state index in [0.717, 1.165) is 0 Å². The van der Waals surface area contributed by atoms with Gasteiger partial charge in [0, 0.05) is 10.2 Å².